The van der Waals surface area contributed by atoms with Gasteiger partial charge >= 0.3 is 5.97 Å². The van der Waals surface area contributed by atoms with Gasteiger partial charge < -0.3 is 10.1 Å². The number of rotatable bonds is 6. The average molecular weight is 295 g/mol. The first-order chi connectivity index (χ1) is 9.61. The molecule has 1 aliphatic rings. The van der Waals surface area contributed by atoms with Crippen molar-refractivity contribution in [2.45, 2.75) is 31.7 Å². The summed E-state index contributed by atoms with van der Waals surface area (Å²) in [5, 5.41) is 2.92. The van der Waals surface area contributed by atoms with Crippen LogP contribution in [0.2, 0.25) is 0 Å². The maximum Gasteiger partial charge on any atom is 0.357 e. The Morgan fingerprint density at radius 2 is 2.25 bits per heavy atom. The Bertz CT molecular complexity index is 517. The summed E-state index contributed by atoms with van der Waals surface area (Å²) in [4.78, 5) is 31.7. The minimum atomic E-state index is -0.525. The Kier molecular flexibility index (Phi) is 4.59. The number of ether oxygens (including phenoxy) is 1. The third-order valence-electron chi connectivity index (χ3n) is 3.04. The molecule has 0 aromatic carbocycles. The molecule has 0 aliphatic heterocycles. The Balaban J connectivity index is 2.14. The lowest BCUT2D eigenvalue weighted by Crippen LogP contribution is -2.36. The van der Waals surface area contributed by atoms with E-state index in [1.54, 1.807) is 6.92 Å². The molecule has 1 heterocycles. The molecule has 1 aromatic heterocycles. The van der Waals surface area contributed by atoms with Crippen molar-refractivity contribution >= 4 is 24.5 Å². The van der Waals surface area contributed by atoms with Gasteiger partial charge in [-0.25, -0.2) is 14.8 Å². The summed E-state index contributed by atoms with van der Waals surface area (Å²) in [6.45, 7) is 2.03. The van der Waals surface area contributed by atoms with Crippen LogP contribution >= 0.6 is 12.6 Å². The molecule has 0 atom stereocenters. The number of nitrogens with zero attached hydrogens (tertiary/aromatic N) is 2. The highest BCUT2D eigenvalue weighted by Crippen LogP contribution is 2.43. The van der Waals surface area contributed by atoms with Gasteiger partial charge in [0.25, 0.3) is 0 Å². The van der Waals surface area contributed by atoms with Gasteiger partial charge in [0.15, 0.2) is 11.5 Å². The Labute approximate surface area is 122 Å². The zero-order chi connectivity index (χ0) is 14.6. The molecule has 0 unspecified atom stereocenters. The lowest BCUT2D eigenvalue weighted by molar-refractivity contribution is -0.121. The third kappa shape index (κ3) is 3.27. The molecule has 1 N–H and O–H groups in total. The van der Waals surface area contributed by atoms with E-state index in [-0.39, 0.29) is 11.6 Å². The summed E-state index contributed by atoms with van der Waals surface area (Å²) in [7, 11) is 0. The van der Waals surface area contributed by atoms with Crippen LogP contribution in [0.5, 0.6) is 0 Å². The zero-order valence-electron chi connectivity index (χ0n) is 11.3. The molecule has 0 bridgehead atoms. The van der Waals surface area contributed by atoms with Gasteiger partial charge in [-0.15, -0.1) is 0 Å². The fraction of sp³-hybridized carbons (Fsp3) is 0.538. The van der Waals surface area contributed by atoms with Crippen LogP contribution in [0.15, 0.2) is 12.3 Å². The number of nitrogens with one attached hydrogen (secondary N) is 1. The normalized spacial score (nSPS) is 15.5. The predicted molar refractivity (Wildman–Crippen MR) is 75.5 cm³/mol. The van der Waals surface area contributed by atoms with Crippen LogP contribution in [0.3, 0.4) is 0 Å². The third-order valence-corrected chi connectivity index (χ3v) is 3.26. The highest BCUT2D eigenvalue weighted by molar-refractivity contribution is 7.80. The predicted octanol–water partition coefficient (Wildman–Crippen LogP) is 1.08. The fourth-order valence-electron chi connectivity index (χ4n) is 1.87. The second-order valence-corrected chi connectivity index (χ2v) is 5.04. The van der Waals surface area contributed by atoms with E-state index in [4.69, 9.17) is 4.74 Å². The maximum absolute atomic E-state index is 11.7. The van der Waals surface area contributed by atoms with Crippen molar-refractivity contribution in [2.75, 3.05) is 12.4 Å². The summed E-state index contributed by atoms with van der Waals surface area (Å²) < 4.78 is 4.91. The summed E-state index contributed by atoms with van der Waals surface area (Å²) in [6, 6.07) is 1.51. The zero-order valence-corrected chi connectivity index (χ0v) is 12.2. The number of thiol groups is 1. The molecular formula is C13H17N3O3S. The van der Waals surface area contributed by atoms with Gasteiger partial charge in [0.2, 0.25) is 5.91 Å². The molecule has 6 nitrogen and oxygen atoms in total. The van der Waals surface area contributed by atoms with Crippen molar-refractivity contribution in [2.24, 2.45) is 0 Å². The smallest absolute Gasteiger partial charge is 0.357 e. The lowest BCUT2D eigenvalue weighted by Gasteiger charge is -2.16. The number of hydrogen-bond acceptors (Lipinski definition) is 6. The van der Waals surface area contributed by atoms with E-state index in [1.807, 2.05) is 0 Å². The molecule has 1 amide bonds. The van der Waals surface area contributed by atoms with Crippen molar-refractivity contribution in [3.63, 3.8) is 0 Å². The first kappa shape index (κ1) is 14.8. The lowest BCUT2D eigenvalue weighted by atomic mass is 10.2. The molecular weight excluding hydrogens is 278 g/mol. The van der Waals surface area contributed by atoms with E-state index < -0.39 is 11.5 Å². The molecule has 0 spiro atoms. The number of esters is 1. The Morgan fingerprint density at radius 1 is 1.50 bits per heavy atom. The summed E-state index contributed by atoms with van der Waals surface area (Å²) in [5.74, 6) is 0.401. The number of carbonyl (C=O) groups excluding carboxylic acids is 2. The monoisotopic (exact) mass is 295 g/mol. The SMILES string of the molecule is CCOC(=O)c1ccnc(C2(NC(=O)CCS)CC2)n1. The van der Waals surface area contributed by atoms with E-state index in [0.717, 1.165) is 12.8 Å². The van der Waals surface area contributed by atoms with Gasteiger partial charge in [-0.1, -0.05) is 0 Å². The van der Waals surface area contributed by atoms with E-state index in [1.165, 1.54) is 12.3 Å². The highest BCUT2D eigenvalue weighted by atomic mass is 32.1. The largest absolute Gasteiger partial charge is 0.461 e. The van der Waals surface area contributed by atoms with Crippen molar-refractivity contribution < 1.29 is 14.3 Å². The second-order valence-electron chi connectivity index (χ2n) is 4.59. The van der Waals surface area contributed by atoms with Crippen LogP contribution in [0.1, 0.15) is 42.5 Å². The van der Waals surface area contributed by atoms with Gasteiger partial charge in [-0.05, 0) is 31.6 Å². The van der Waals surface area contributed by atoms with E-state index in [0.29, 0.717) is 24.6 Å². The van der Waals surface area contributed by atoms with Gasteiger partial charge in [-0.3, -0.25) is 4.79 Å². The van der Waals surface area contributed by atoms with Gasteiger partial charge in [0.1, 0.15) is 0 Å². The molecule has 1 aliphatic carbocycles. The molecule has 1 aromatic rings. The Hall–Kier alpha value is -1.63. The molecule has 0 radical (unpaired) electrons. The number of carbonyl (C=O) groups is 2. The first-order valence-corrected chi connectivity index (χ1v) is 7.17. The van der Waals surface area contributed by atoms with Crippen LogP contribution in [-0.2, 0) is 15.1 Å². The van der Waals surface area contributed by atoms with Crippen LogP contribution in [0, 0.1) is 0 Å². The van der Waals surface area contributed by atoms with Gasteiger partial charge in [-0.2, -0.15) is 12.6 Å². The van der Waals surface area contributed by atoms with Crippen LogP contribution in [-0.4, -0.2) is 34.2 Å². The summed E-state index contributed by atoms with van der Waals surface area (Å²) in [6.07, 6.45) is 3.41. The Morgan fingerprint density at radius 3 is 2.85 bits per heavy atom. The van der Waals surface area contributed by atoms with Crippen molar-refractivity contribution in [1.82, 2.24) is 15.3 Å². The average Bonchev–Trinajstić information content (AvgIpc) is 3.20. The molecule has 20 heavy (non-hydrogen) atoms. The van der Waals surface area contributed by atoms with Gasteiger partial charge in [0, 0.05) is 12.6 Å². The minimum Gasteiger partial charge on any atom is -0.461 e. The standard InChI is InChI=1S/C13H17N3O3S/c1-2-19-11(18)9-3-7-14-12(15-9)13(5-6-13)16-10(17)4-8-20/h3,7,20H,2,4-6,8H2,1H3,(H,16,17). The van der Waals surface area contributed by atoms with Crippen molar-refractivity contribution in [1.29, 1.82) is 0 Å². The topological polar surface area (TPSA) is 81.2 Å². The van der Waals surface area contributed by atoms with E-state index in [2.05, 4.69) is 27.9 Å². The van der Waals surface area contributed by atoms with E-state index in [9.17, 15) is 9.59 Å². The summed E-state index contributed by atoms with van der Waals surface area (Å²) >= 11 is 4.03. The second kappa shape index (κ2) is 6.21. The highest BCUT2D eigenvalue weighted by Gasteiger charge is 2.48. The van der Waals surface area contributed by atoms with Crippen molar-refractivity contribution in [3.8, 4) is 0 Å². The van der Waals surface area contributed by atoms with E-state index >= 15 is 0 Å². The maximum atomic E-state index is 11.7. The molecule has 2 rings (SSSR count). The molecule has 108 valence electrons. The molecule has 0 saturated heterocycles. The first-order valence-electron chi connectivity index (χ1n) is 6.54. The number of aromatic nitrogens is 2. The number of amides is 1. The van der Waals surface area contributed by atoms with Crippen molar-refractivity contribution in [3.05, 3.63) is 23.8 Å². The van der Waals surface area contributed by atoms with Crippen LogP contribution < -0.4 is 5.32 Å². The molecule has 7 heteroatoms. The van der Waals surface area contributed by atoms with Crippen LogP contribution in [0.4, 0.5) is 0 Å². The fourth-order valence-corrected chi connectivity index (χ4v) is 2.07. The molecule has 1 saturated carbocycles. The summed E-state index contributed by atoms with van der Waals surface area (Å²) in [5.41, 5.74) is -0.311. The minimum absolute atomic E-state index is 0.0809. The van der Waals surface area contributed by atoms with Crippen LogP contribution in [0.25, 0.3) is 0 Å². The quantitative estimate of drug-likeness (QED) is 0.606. The van der Waals surface area contributed by atoms with Gasteiger partial charge in [0.05, 0.1) is 12.1 Å². The number of hydrogen-bond donors (Lipinski definition) is 2. The molecule has 1 fully saturated rings.